The van der Waals surface area contributed by atoms with Crippen molar-refractivity contribution in [3.63, 3.8) is 0 Å². The highest BCUT2D eigenvalue weighted by molar-refractivity contribution is 7.11. The van der Waals surface area contributed by atoms with Gasteiger partial charge in [0.05, 0.1) is 27.2 Å². The van der Waals surface area contributed by atoms with Crippen molar-refractivity contribution in [3.8, 4) is 0 Å². The largest absolute Gasteiger partial charge is 0.387 e. The topological polar surface area (TPSA) is 42.4 Å². The molecule has 1 aliphatic rings. The van der Waals surface area contributed by atoms with E-state index < -0.39 is 6.10 Å². The minimum atomic E-state index is -0.474. The molecule has 1 aromatic rings. The number of aliphatic hydroxyl groups is 1. The van der Waals surface area contributed by atoms with Crippen LogP contribution in [0.15, 0.2) is 6.20 Å². The van der Waals surface area contributed by atoms with Gasteiger partial charge in [-0.3, -0.25) is 0 Å². The van der Waals surface area contributed by atoms with E-state index in [1.807, 2.05) is 6.92 Å². The Labute approximate surface area is 107 Å². The molecule has 2 atom stereocenters. The number of hydrogen-bond acceptors (Lipinski definition) is 4. The standard InChI is InChI=1S/C13H21NO2S/c1-8-14-7-10(17-8)11(15)9-6-12(2,3)16-13(9,4)5/h7,9,11,15H,6H2,1-5H3. The average molecular weight is 255 g/mol. The number of thiazole rings is 1. The Hall–Kier alpha value is -0.450. The van der Waals surface area contributed by atoms with Gasteiger partial charge in [-0.25, -0.2) is 4.98 Å². The molecule has 0 radical (unpaired) electrons. The van der Waals surface area contributed by atoms with Crippen molar-refractivity contribution in [3.05, 3.63) is 16.1 Å². The third-order valence-electron chi connectivity index (χ3n) is 3.46. The minimum absolute atomic E-state index is 0.123. The fraction of sp³-hybridized carbons (Fsp3) is 0.769. The van der Waals surface area contributed by atoms with E-state index in [1.165, 1.54) is 0 Å². The van der Waals surface area contributed by atoms with Crippen LogP contribution in [-0.4, -0.2) is 21.3 Å². The Morgan fingerprint density at radius 1 is 1.47 bits per heavy atom. The maximum atomic E-state index is 10.5. The van der Waals surface area contributed by atoms with Crippen LogP contribution in [0.1, 0.15) is 50.1 Å². The molecule has 0 spiro atoms. The Bertz CT molecular complexity index is 411. The van der Waals surface area contributed by atoms with Crippen molar-refractivity contribution in [2.75, 3.05) is 0 Å². The third kappa shape index (κ3) is 2.54. The van der Waals surface area contributed by atoms with Gasteiger partial charge in [0.25, 0.3) is 0 Å². The molecular weight excluding hydrogens is 234 g/mol. The summed E-state index contributed by atoms with van der Waals surface area (Å²) in [6.07, 6.45) is 2.18. The lowest BCUT2D eigenvalue weighted by Crippen LogP contribution is -2.32. The summed E-state index contributed by atoms with van der Waals surface area (Å²) in [6.45, 7) is 10.2. The summed E-state index contributed by atoms with van der Waals surface area (Å²) in [6, 6.07) is 0. The third-order valence-corrected chi connectivity index (χ3v) is 4.44. The number of aromatic nitrogens is 1. The van der Waals surface area contributed by atoms with Crippen LogP contribution in [0.4, 0.5) is 0 Å². The SMILES string of the molecule is Cc1ncc(C(O)C2CC(C)(C)OC2(C)C)s1. The predicted octanol–water partition coefficient (Wildman–Crippen LogP) is 3.08. The summed E-state index contributed by atoms with van der Waals surface area (Å²) in [7, 11) is 0. The fourth-order valence-electron chi connectivity index (χ4n) is 2.81. The molecule has 3 nitrogen and oxygen atoms in total. The predicted molar refractivity (Wildman–Crippen MR) is 69.2 cm³/mol. The van der Waals surface area contributed by atoms with E-state index in [-0.39, 0.29) is 17.1 Å². The molecule has 0 bridgehead atoms. The van der Waals surface area contributed by atoms with Gasteiger partial charge in [-0.2, -0.15) is 0 Å². The van der Waals surface area contributed by atoms with Crippen molar-refractivity contribution >= 4 is 11.3 Å². The molecule has 1 N–H and O–H groups in total. The lowest BCUT2D eigenvalue weighted by atomic mass is 9.82. The first-order chi connectivity index (χ1) is 7.71. The molecule has 2 unspecified atom stereocenters. The second kappa shape index (κ2) is 4.04. The summed E-state index contributed by atoms with van der Waals surface area (Å²) in [5.41, 5.74) is -0.449. The molecule has 0 amide bonds. The van der Waals surface area contributed by atoms with E-state index in [1.54, 1.807) is 17.5 Å². The molecule has 2 heterocycles. The maximum Gasteiger partial charge on any atom is 0.0954 e. The Morgan fingerprint density at radius 3 is 2.53 bits per heavy atom. The molecule has 0 aromatic carbocycles. The molecular formula is C13H21NO2S. The summed E-state index contributed by atoms with van der Waals surface area (Å²) in [5.74, 6) is 0.123. The molecule has 0 aliphatic carbocycles. The van der Waals surface area contributed by atoms with E-state index in [2.05, 4.69) is 32.7 Å². The Morgan fingerprint density at radius 2 is 2.12 bits per heavy atom. The van der Waals surface area contributed by atoms with Gasteiger partial charge in [0, 0.05) is 12.1 Å². The monoisotopic (exact) mass is 255 g/mol. The van der Waals surface area contributed by atoms with E-state index in [0.717, 1.165) is 16.3 Å². The second-order valence-electron chi connectivity index (χ2n) is 6.00. The minimum Gasteiger partial charge on any atom is -0.387 e. The average Bonchev–Trinajstić information content (AvgIpc) is 2.66. The lowest BCUT2D eigenvalue weighted by Gasteiger charge is -2.29. The van der Waals surface area contributed by atoms with Crippen molar-refractivity contribution in [2.24, 2.45) is 5.92 Å². The Balaban J connectivity index is 2.23. The van der Waals surface area contributed by atoms with E-state index >= 15 is 0 Å². The van der Waals surface area contributed by atoms with Crippen molar-refractivity contribution in [1.82, 2.24) is 4.98 Å². The van der Waals surface area contributed by atoms with Crippen LogP contribution in [0.5, 0.6) is 0 Å². The Kier molecular flexibility index (Phi) is 3.09. The molecule has 1 saturated heterocycles. The second-order valence-corrected chi connectivity index (χ2v) is 7.27. The van der Waals surface area contributed by atoms with Crippen molar-refractivity contribution in [2.45, 2.75) is 58.3 Å². The molecule has 1 aromatic heterocycles. The summed E-state index contributed by atoms with van der Waals surface area (Å²) in [5, 5.41) is 11.5. The molecule has 1 fully saturated rings. The number of rotatable bonds is 2. The molecule has 4 heteroatoms. The van der Waals surface area contributed by atoms with Crippen molar-refractivity contribution < 1.29 is 9.84 Å². The smallest absolute Gasteiger partial charge is 0.0954 e. The zero-order valence-electron chi connectivity index (χ0n) is 11.2. The normalized spacial score (nSPS) is 28.2. The number of ether oxygens (including phenoxy) is 1. The highest BCUT2D eigenvalue weighted by Gasteiger charge is 2.49. The molecule has 0 saturated carbocycles. The number of hydrogen-bond donors (Lipinski definition) is 1. The van der Waals surface area contributed by atoms with E-state index in [0.29, 0.717) is 0 Å². The van der Waals surface area contributed by atoms with Crippen LogP contribution in [0.3, 0.4) is 0 Å². The van der Waals surface area contributed by atoms with Crippen LogP contribution in [0, 0.1) is 12.8 Å². The van der Waals surface area contributed by atoms with E-state index in [4.69, 9.17) is 4.74 Å². The highest BCUT2D eigenvalue weighted by Crippen LogP contribution is 2.48. The van der Waals surface area contributed by atoms with Crippen LogP contribution in [0.2, 0.25) is 0 Å². The number of nitrogens with zero attached hydrogens (tertiary/aromatic N) is 1. The first-order valence-corrected chi connectivity index (χ1v) is 6.83. The van der Waals surface area contributed by atoms with Crippen molar-refractivity contribution in [1.29, 1.82) is 0 Å². The molecule has 2 rings (SSSR count). The van der Waals surface area contributed by atoms with Gasteiger partial charge in [-0.15, -0.1) is 11.3 Å². The van der Waals surface area contributed by atoms with Crippen LogP contribution < -0.4 is 0 Å². The maximum absolute atomic E-state index is 10.5. The molecule has 1 aliphatic heterocycles. The highest BCUT2D eigenvalue weighted by atomic mass is 32.1. The van der Waals surface area contributed by atoms with Crippen LogP contribution in [-0.2, 0) is 4.74 Å². The van der Waals surface area contributed by atoms with Gasteiger partial charge < -0.3 is 9.84 Å². The van der Waals surface area contributed by atoms with Crippen LogP contribution >= 0.6 is 11.3 Å². The summed E-state index contributed by atoms with van der Waals surface area (Å²) in [4.78, 5) is 5.16. The number of aryl methyl sites for hydroxylation is 1. The quantitative estimate of drug-likeness (QED) is 0.883. The van der Waals surface area contributed by atoms with Gasteiger partial charge in [-0.1, -0.05) is 0 Å². The van der Waals surface area contributed by atoms with Gasteiger partial charge >= 0.3 is 0 Å². The first-order valence-electron chi connectivity index (χ1n) is 6.02. The zero-order chi connectivity index (χ0) is 12.8. The lowest BCUT2D eigenvalue weighted by molar-refractivity contribution is -0.0877. The number of aliphatic hydroxyl groups excluding tert-OH is 1. The zero-order valence-corrected chi connectivity index (χ0v) is 12.0. The van der Waals surface area contributed by atoms with Crippen LogP contribution in [0.25, 0.3) is 0 Å². The van der Waals surface area contributed by atoms with Gasteiger partial charge in [0.1, 0.15) is 0 Å². The van der Waals surface area contributed by atoms with E-state index in [9.17, 15) is 5.11 Å². The summed E-state index contributed by atoms with van der Waals surface area (Å²) < 4.78 is 6.02. The molecule has 17 heavy (non-hydrogen) atoms. The first kappa shape index (κ1) is 13.0. The summed E-state index contributed by atoms with van der Waals surface area (Å²) >= 11 is 1.57. The van der Waals surface area contributed by atoms with Gasteiger partial charge in [-0.05, 0) is 41.0 Å². The van der Waals surface area contributed by atoms with Gasteiger partial charge in [0.15, 0.2) is 0 Å². The molecule has 96 valence electrons. The fourth-order valence-corrected chi connectivity index (χ4v) is 3.65. The van der Waals surface area contributed by atoms with Gasteiger partial charge in [0.2, 0.25) is 0 Å².